The van der Waals surface area contributed by atoms with Crippen LogP contribution in [0.3, 0.4) is 0 Å². The Hall–Kier alpha value is -0.380. The largest absolute Gasteiger partial charge is 0.396 e. The molecular weight excluding hydrogens is 252 g/mol. The van der Waals surface area contributed by atoms with Crippen molar-refractivity contribution >= 4 is 0 Å². The third-order valence-electron chi connectivity index (χ3n) is 6.49. The number of aliphatic hydroxyl groups excluding tert-OH is 3. The van der Waals surface area contributed by atoms with Crippen molar-refractivity contribution in [2.45, 2.75) is 58.7 Å². The normalized spacial score (nSPS) is 52.4. The van der Waals surface area contributed by atoms with Gasteiger partial charge in [-0.05, 0) is 42.4 Å². The highest BCUT2D eigenvalue weighted by Crippen LogP contribution is 2.61. The summed E-state index contributed by atoms with van der Waals surface area (Å²) in [7, 11) is 0. The van der Waals surface area contributed by atoms with Crippen LogP contribution in [0.25, 0.3) is 0 Å². The minimum atomic E-state index is -0.830. The number of fused-ring (bicyclic) bond motifs is 1. The van der Waals surface area contributed by atoms with Crippen LogP contribution in [0.1, 0.15) is 46.5 Å². The lowest BCUT2D eigenvalue weighted by atomic mass is 9.44. The molecule has 0 aromatic heterocycles. The summed E-state index contributed by atoms with van der Waals surface area (Å²) in [5.41, 5.74) is -0.645. The van der Waals surface area contributed by atoms with E-state index in [0.717, 1.165) is 19.3 Å². The Morgan fingerprint density at radius 2 is 1.90 bits per heavy atom. The standard InChI is InChI=1S/C17H30O3/c1-5-6-12-11(2)7-8-14-16(12,3)9-13(19)15(20)17(14,4)10-18/h5,11-15,18-20H,1,6-10H2,2-4H3. The molecule has 2 fully saturated rings. The fraction of sp³-hybridized carbons (Fsp3) is 0.882. The van der Waals surface area contributed by atoms with Gasteiger partial charge in [-0.1, -0.05) is 33.3 Å². The summed E-state index contributed by atoms with van der Waals surface area (Å²) in [5, 5.41) is 30.6. The van der Waals surface area contributed by atoms with Crippen molar-refractivity contribution in [2.24, 2.45) is 28.6 Å². The van der Waals surface area contributed by atoms with Gasteiger partial charge in [-0.2, -0.15) is 0 Å². The molecule has 7 unspecified atom stereocenters. The molecule has 3 heteroatoms. The Morgan fingerprint density at radius 3 is 2.45 bits per heavy atom. The number of hydrogen-bond acceptors (Lipinski definition) is 3. The summed E-state index contributed by atoms with van der Waals surface area (Å²) in [6, 6.07) is 0. The first-order valence-electron chi connectivity index (χ1n) is 7.89. The number of allylic oxidation sites excluding steroid dienone is 1. The molecule has 0 amide bonds. The van der Waals surface area contributed by atoms with Gasteiger partial charge in [0, 0.05) is 5.41 Å². The average Bonchev–Trinajstić information content (AvgIpc) is 2.40. The van der Waals surface area contributed by atoms with E-state index in [1.54, 1.807) is 0 Å². The van der Waals surface area contributed by atoms with Crippen LogP contribution in [0.5, 0.6) is 0 Å². The van der Waals surface area contributed by atoms with Gasteiger partial charge in [0.15, 0.2) is 0 Å². The average molecular weight is 282 g/mol. The van der Waals surface area contributed by atoms with Crippen LogP contribution in [0.2, 0.25) is 0 Å². The zero-order valence-electron chi connectivity index (χ0n) is 13.0. The summed E-state index contributed by atoms with van der Waals surface area (Å²) >= 11 is 0. The van der Waals surface area contributed by atoms with Gasteiger partial charge in [-0.15, -0.1) is 6.58 Å². The summed E-state index contributed by atoms with van der Waals surface area (Å²) < 4.78 is 0. The molecule has 0 aromatic carbocycles. The van der Waals surface area contributed by atoms with Crippen LogP contribution in [0.4, 0.5) is 0 Å². The molecule has 3 N–H and O–H groups in total. The Kier molecular flexibility index (Phi) is 4.35. The Morgan fingerprint density at radius 1 is 1.25 bits per heavy atom. The summed E-state index contributed by atoms with van der Waals surface area (Å²) in [5.74, 6) is 1.31. The predicted molar refractivity (Wildman–Crippen MR) is 80.1 cm³/mol. The molecule has 0 spiro atoms. The fourth-order valence-electron chi connectivity index (χ4n) is 5.34. The highest BCUT2D eigenvalue weighted by Gasteiger charge is 2.60. The molecule has 0 aromatic rings. The molecule has 2 saturated carbocycles. The van der Waals surface area contributed by atoms with Crippen molar-refractivity contribution in [3.05, 3.63) is 12.7 Å². The monoisotopic (exact) mass is 282 g/mol. The van der Waals surface area contributed by atoms with E-state index in [0.29, 0.717) is 18.3 Å². The van der Waals surface area contributed by atoms with Gasteiger partial charge in [0.25, 0.3) is 0 Å². The third-order valence-corrected chi connectivity index (χ3v) is 6.49. The summed E-state index contributed by atoms with van der Waals surface area (Å²) in [4.78, 5) is 0. The van der Waals surface area contributed by atoms with Gasteiger partial charge < -0.3 is 15.3 Å². The van der Waals surface area contributed by atoms with Crippen LogP contribution >= 0.6 is 0 Å². The first-order chi connectivity index (χ1) is 9.31. The molecule has 7 atom stereocenters. The summed E-state index contributed by atoms with van der Waals surface area (Å²) in [6.45, 7) is 10.3. The third kappa shape index (κ3) is 2.15. The van der Waals surface area contributed by atoms with E-state index in [-0.39, 0.29) is 17.9 Å². The van der Waals surface area contributed by atoms with Gasteiger partial charge in [0.1, 0.15) is 0 Å². The second kappa shape index (κ2) is 5.43. The van der Waals surface area contributed by atoms with Crippen LogP contribution in [-0.4, -0.2) is 34.1 Å². The quantitative estimate of drug-likeness (QED) is 0.696. The SMILES string of the molecule is C=CCC1C(C)CCC2C(C)(CO)C(O)C(O)CC12C. The van der Waals surface area contributed by atoms with Gasteiger partial charge >= 0.3 is 0 Å². The molecule has 0 saturated heterocycles. The Balaban J connectivity index is 2.43. The molecule has 3 nitrogen and oxygen atoms in total. The fourth-order valence-corrected chi connectivity index (χ4v) is 5.34. The van der Waals surface area contributed by atoms with Crippen molar-refractivity contribution in [3.8, 4) is 0 Å². The minimum Gasteiger partial charge on any atom is -0.396 e. The van der Waals surface area contributed by atoms with Gasteiger partial charge in [-0.3, -0.25) is 0 Å². The molecule has 0 heterocycles. The minimum absolute atomic E-state index is 0.0397. The molecule has 116 valence electrons. The lowest BCUT2D eigenvalue weighted by Gasteiger charge is -2.62. The van der Waals surface area contributed by atoms with Crippen molar-refractivity contribution in [3.63, 3.8) is 0 Å². The zero-order valence-corrected chi connectivity index (χ0v) is 13.0. The van der Waals surface area contributed by atoms with Crippen molar-refractivity contribution in [2.75, 3.05) is 6.61 Å². The topological polar surface area (TPSA) is 60.7 Å². The van der Waals surface area contributed by atoms with E-state index in [4.69, 9.17) is 0 Å². The van der Waals surface area contributed by atoms with E-state index in [1.807, 2.05) is 13.0 Å². The molecular formula is C17H30O3. The van der Waals surface area contributed by atoms with E-state index in [9.17, 15) is 15.3 Å². The highest BCUT2D eigenvalue weighted by molar-refractivity contribution is 5.10. The maximum atomic E-state index is 10.4. The molecule has 0 bridgehead atoms. The maximum Gasteiger partial charge on any atom is 0.0877 e. The first kappa shape index (κ1) is 16.0. The number of aliphatic hydroxyl groups is 3. The molecule has 20 heavy (non-hydrogen) atoms. The van der Waals surface area contributed by atoms with E-state index < -0.39 is 17.6 Å². The van der Waals surface area contributed by atoms with E-state index in [1.165, 1.54) is 0 Å². The maximum absolute atomic E-state index is 10.4. The lowest BCUT2D eigenvalue weighted by Crippen LogP contribution is -2.63. The molecule has 2 aliphatic carbocycles. The van der Waals surface area contributed by atoms with Crippen molar-refractivity contribution in [1.82, 2.24) is 0 Å². The second-order valence-corrected chi connectivity index (χ2v) is 7.62. The Labute approximate surface area is 122 Å². The molecule has 2 rings (SSSR count). The molecule has 0 aliphatic heterocycles. The molecule has 2 aliphatic rings. The van der Waals surface area contributed by atoms with Gasteiger partial charge in [-0.25, -0.2) is 0 Å². The van der Waals surface area contributed by atoms with Gasteiger partial charge in [0.05, 0.1) is 18.8 Å². The zero-order chi connectivity index (χ0) is 15.1. The van der Waals surface area contributed by atoms with Crippen molar-refractivity contribution < 1.29 is 15.3 Å². The van der Waals surface area contributed by atoms with Crippen molar-refractivity contribution in [1.29, 1.82) is 0 Å². The van der Waals surface area contributed by atoms with Crippen LogP contribution in [0, 0.1) is 28.6 Å². The van der Waals surface area contributed by atoms with Gasteiger partial charge in [0.2, 0.25) is 0 Å². The smallest absolute Gasteiger partial charge is 0.0877 e. The summed E-state index contributed by atoms with van der Waals surface area (Å²) in [6.07, 6.45) is 4.11. The van der Waals surface area contributed by atoms with Crippen LogP contribution in [-0.2, 0) is 0 Å². The lowest BCUT2D eigenvalue weighted by molar-refractivity contribution is -0.213. The molecule has 0 radical (unpaired) electrons. The first-order valence-corrected chi connectivity index (χ1v) is 7.89. The second-order valence-electron chi connectivity index (χ2n) is 7.62. The number of rotatable bonds is 3. The number of hydrogen-bond donors (Lipinski definition) is 3. The van der Waals surface area contributed by atoms with Crippen LogP contribution < -0.4 is 0 Å². The Bertz CT molecular complexity index is 369. The van der Waals surface area contributed by atoms with Crippen LogP contribution in [0.15, 0.2) is 12.7 Å². The van der Waals surface area contributed by atoms with E-state index in [2.05, 4.69) is 20.4 Å². The predicted octanol–water partition coefficient (Wildman–Crippen LogP) is 2.36. The van der Waals surface area contributed by atoms with E-state index >= 15 is 0 Å². The highest BCUT2D eigenvalue weighted by atomic mass is 16.3.